The summed E-state index contributed by atoms with van der Waals surface area (Å²) in [6, 6.07) is 6.96. The lowest BCUT2D eigenvalue weighted by molar-refractivity contribution is -0.235. The zero-order valence-corrected chi connectivity index (χ0v) is 18.8. The Balaban J connectivity index is 0.000000234. The third-order valence-corrected chi connectivity index (χ3v) is 5.74. The molecule has 2 aliphatic heterocycles. The second-order valence-corrected chi connectivity index (χ2v) is 8.77. The third kappa shape index (κ3) is 8.94. The molecule has 7 N–H and O–H groups in total. The number of nitrogen functional groups attached to an aromatic ring is 1. The summed E-state index contributed by atoms with van der Waals surface area (Å²) >= 11 is 0. The second-order valence-electron chi connectivity index (χ2n) is 7.43. The van der Waals surface area contributed by atoms with Crippen LogP contribution in [0.15, 0.2) is 24.3 Å². The summed E-state index contributed by atoms with van der Waals surface area (Å²) < 4.78 is 46.3. The van der Waals surface area contributed by atoms with Gasteiger partial charge in [-0.2, -0.15) is 8.42 Å². The maximum absolute atomic E-state index is 11.0. The highest BCUT2D eigenvalue weighted by molar-refractivity contribution is 7.81. The smallest absolute Gasteiger partial charge is 0.399 e. The van der Waals surface area contributed by atoms with Crippen LogP contribution in [0.2, 0.25) is 0 Å². The Labute approximate surface area is 191 Å². The van der Waals surface area contributed by atoms with Gasteiger partial charge in [0.1, 0.15) is 24.1 Å². The van der Waals surface area contributed by atoms with Gasteiger partial charge in [-0.25, -0.2) is 4.18 Å². The van der Waals surface area contributed by atoms with Gasteiger partial charge in [-0.05, 0) is 24.3 Å². The molecule has 0 radical (unpaired) electrons. The largest absolute Gasteiger partial charge is 0.465 e. The molecule has 0 unspecified atom stereocenters. The zero-order chi connectivity index (χ0) is 24.6. The monoisotopic (exact) mass is 497 g/mol. The van der Waals surface area contributed by atoms with E-state index in [4.69, 9.17) is 30.2 Å². The zero-order valence-electron chi connectivity index (χ0n) is 18.0. The average molecular weight is 498 g/mol. The molecule has 13 nitrogen and oxygen atoms in total. The molecule has 0 saturated carbocycles. The van der Waals surface area contributed by atoms with Crippen LogP contribution in [0, 0.1) is 0 Å². The fourth-order valence-electron chi connectivity index (χ4n) is 3.19. The van der Waals surface area contributed by atoms with Crippen LogP contribution < -0.4 is 10.5 Å². The SMILES string of the molecule is COS(=O)(=O)O[C@@H]1C[C@H](O)O[C@H](CO)[C@@H]1O.Nc1ccc(O[C@H]2C[C@@H](O)C[C@@H](CO)O2)cc1. The van der Waals surface area contributed by atoms with E-state index >= 15 is 0 Å². The van der Waals surface area contributed by atoms with Gasteiger partial charge in [0, 0.05) is 24.9 Å². The van der Waals surface area contributed by atoms with E-state index in [9.17, 15) is 23.7 Å². The minimum atomic E-state index is -4.22. The number of aliphatic hydroxyl groups is 5. The van der Waals surface area contributed by atoms with Gasteiger partial charge < -0.3 is 45.5 Å². The van der Waals surface area contributed by atoms with Gasteiger partial charge in [0.15, 0.2) is 6.29 Å². The average Bonchev–Trinajstić information content (AvgIpc) is 2.77. The van der Waals surface area contributed by atoms with Crippen LogP contribution >= 0.6 is 0 Å². The fourth-order valence-corrected chi connectivity index (χ4v) is 3.77. The lowest BCUT2D eigenvalue weighted by Gasteiger charge is -2.35. The Bertz CT molecular complexity index is 807. The fraction of sp³-hybridized carbons (Fsp3) is 0.684. The number of rotatable bonds is 7. The number of hydrogen-bond acceptors (Lipinski definition) is 13. The first kappa shape index (κ1) is 27.7. The van der Waals surface area contributed by atoms with Crippen molar-refractivity contribution in [3.63, 3.8) is 0 Å². The van der Waals surface area contributed by atoms with E-state index in [0.717, 1.165) is 7.11 Å². The highest BCUT2D eigenvalue weighted by Gasteiger charge is 2.40. The summed E-state index contributed by atoms with van der Waals surface area (Å²) in [5.74, 6) is 0.634. The molecule has 2 saturated heterocycles. The molecule has 0 bridgehead atoms. The number of anilines is 1. The minimum absolute atomic E-state index is 0.112. The van der Waals surface area contributed by atoms with Crippen LogP contribution in [-0.2, 0) is 28.2 Å². The molecule has 0 aromatic heterocycles. The highest BCUT2D eigenvalue weighted by Crippen LogP contribution is 2.24. The predicted octanol–water partition coefficient (Wildman–Crippen LogP) is -1.77. The van der Waals surface area contributed by atoms with Crippen molar-refractivity contribution in [2.45, 2.75) is 62.4 Å². The van der Waals surface area contributed by atoms with Crippen LogP contribution in [0.3, 0.4) is 0 Å². The number of hydrogen-bond donors (Lipinski definition) is 6. The molecule has 0 amide bonds. The van der Waals surface area contributed by atoms with Gasteiger partial charge in [-0.15, -0.1) is 0 Å². The summed E-state index contributed by atoms with van der Waals surface area (Å²) in [4.78, 5) is 0. The van der Waals surface area contributed by atoms with Gasteiger partial charge in [0.05, 0.1) is 32.5 Å². The molecule has 190 valence electrons. The number of nitrogens with two attached hydrogens (primary N) is 1. The van der Waals surface area contributed by atoms with Gasteiger partial charge in [0.2, 0.25) is 6.29 Å². The molecule has 0 aliphatic carbocycles. The second kappa shape index (κ2) is 12.8. The maximum atomic E-state index is 11.0. The van der Waals surface area contributed by atoms with Crippen LogP contribution in [0.4, 0.5) is 5.69 Å². The number of ether oxygens (including phenoxy) is 3. The Morgan fingerprint density at radius 1 is 1.03 bits per heavy atom. The first-order chi connectivity index (χ1) is 15.6. The van der Waals surface area contributed by atoms with Crippen molar-refractivity contribution in [1.29, 1.82) is 0 Å². The lowest BCUT2D eigenvalue weighted by Crippen LogP contribution is -2.51. The molecule has 2 aliphatic rings. The normalized spacial score (nSPS) is 32.5. The van der Waals surface area contributed by atoms with E-state index in [2.05, 4.69) is 8.37 Å². The van der Waals surface area contributed by atoms with E-state index in [1.807, 2.05) is 0 Å². The van der Waals surface area contributed by atoms with E-state index in [-0.39, 0.29) is 19.1 Å². The molecule has 33 heavy (non-hydrogen) atoms. The first-order valence-corrected chi connectivity index (χ1v) is 11.5. The molecular weight excluding hydrogens is 466 g/mol. The Kier molecular flexibility index (Phi) is 10.7. The molecule has 14 heteroatoms. The van der Waals surface area contributed by atoms with Crippen molar-refractivity contribution in [3.05, 3.63) is 24.3 Å². The molecule has 7 atom stereocenters. The summed E-state index contributed by atoms with van der Waals surface area (Å²) in [7, 11) is -3.31. The van der Waals surface area contributed by atoms with E-state index in [1.54, 1.807) is 24.3 Å². The predicted molar refractivity (Wildman–Crippen MR) is 112 cm³/mol. The van der Waals surface area contributed by atoms with E-state index in [1.165, 1.54) is 0 Å². The number of benzene rings is 1. The summed E-state index contributed by atoms with van der Waals surface area (Å²) in [6.45, 7) is -0.677. The van der Waals surface area contributed by atoms with Gasteiger partial charge in [-0.1, -0.05) is 0 Å². The van der Waals surface area contributed by atoms with Crippen LogP contribution in [0.1, 0.15) is 19.3 Å². The maximum Gasteiger partial charge on any atom is 0.399 e. The van der Waals surface area contributed by atoms with Crippen molar-refractivity contribution in [1.82, 2.24) is 0 Å². The molecule has 1 aromatic rings. The Morgan fingerprint density at radius 2 is 1.70 bits per heavy atom. The summed E-state index contributed by atoms with van der Waals surface area (Å²) in [6.07, 6.45) is -5.77. The third-order valence-electron chi connectivity index (χ3n) is 4.85. The van der Waals surface area contributed by atoms with Crippen LogP contribution in [0.25, 0.3) is 0 Å². The first-order valence-electron chi connectivity index (χ1n) is 10.1. The molecule has 0 spiro atoms. The van der Waals surface area contributed by atoms with Gasteiger partial charge in [0.25, 0.3) is 0 Å². The summed E-state index contributed by atoms with van der Waals surface area (Å²) in [5.41, 5.74) is 6.23. The van der Waals surface area contributed by atoms with E-state index in [0.29, 0.717) is 24.3 Å². The molecule has 3 rings (SSSR count). The van der Waals surface area contributed by atoms with Crippen molar-refractivity contribution in [3.8, 4) is 5.75 Å². The minimum Gasteiger partial charge on any atom is -0.465 e. The Morgan fingerprint density at radius 3 is 2.27 bits per heavy atom. The topological polar surface area (TPSA) is 207 Å². The lowest BCUT2D eigenvalue weighted by atomic mass is 10.0. The Hall–Kier alpha value is -1.59. The van der Waals surface area contributed by atoms with Crippen LogP contribution in [-0.4, -0.2) is 97.4 Å². The molecule has 2 fully saturated rings. The van der Waals surface area contributed by atoms with Crippen LogP contribution in [0.5, 0.6) is 5.75 Å². The van der Waals surface area contributed by atoms with E-state index < -0.39 is 54.0 Å². The van der Waals surface area contributed by atoms with Crippen molar-refractivity contribution in [2.24, 2.45) is 0 Å². The van der Waals surface area contributed by atoms with Crippen molar-refractivity contribution in [2.75, 3.05) is 26.1 Å². The highest BCUT2D eigenvalue weighted by atomic mass is 32.3. The number of aliphatic hydroxyl groups excluding tert-OH is 5. The molecule has 2 heterocycles. The molecular formula is C19H31NO12S. The van der Waals surface area contributed by atoms with Crippen molar-refractivity contribution < 1.29 is 56.5 Å². The molecule has 1 aromatic carbocycles. The van der Waals surface area contributed by atoms with Gasteiger partial charge >= 0.3 is 10.4 Å². The van der Waals surface area contributed by atoms with Crippen molar-refractivity contribution >= 4 is 16.1 Å². The quantitative estimate of drug-likeness (QED) is 0.231. The van der Waals surface area contributed by atoms with Gasteiger partial charge in [-0.3, -0.25) is 4.18 Å². The summed E-state index contributed by atoms with van der Waals surface area (Å²) in [5, 5.41) is 46.2. The standard InChI is InChI=1S/C12H17NO4.C7H14O8S/c13-8-1-3-10(4-2-8)16-12-6-9(15)5-11(7-14)17-12;1-13-16(11,12)15-4-2-6(9)14-5(3-8)7(4)10/h1-4,9,11-12,14-15H,5-7,13H2;4-10H,2-3H2,1H3/t9-,11-,12+;4-,5-,6-,7-/m01/s1.